The number of pyridine rings is 2. The molecule has 2 aliphatic carbocycles. The number of carbonyl (C=O) groups excluding carboxylic acids is 1. The van der Waals surface area contributed by atoms with Crippen molar-refractivity contribution >= 4 is 16.7 Å². The molecule has 5 rings (SSSR count). The Bertz CT molecular complexity index is 1190. The molecule has 2 saturated carbocycles. The Morgan fingerprint density at radius 2 is 1.91 bits per heavy atom. The highest BCUT2D eigenvalue weighted by Gasteiger charge is 2.44. The summed E-state index contributed by atoms with van der Waals surface area (Å²) in [6.45, 7) is 2.06. The number of Topliss-reactive ketones (excluding diaryl/α,β-unsaturated/α-hetero) is 1. The summed E-state index contributed by atoms with van der Waals surface area (Å²) in [5.74, 6) is 2.16. The highest BCUT2D eigenvalue weighted by atomic mass is 19.1. The van der Waals surface area contributed by atoms with Crippen molar-refractivity contribution < 1.29 is 9.18 Å². The first-order valence-corrected chi connectivity index (χ1v) is 11.4. The zero-order valence-electron chi connectivity index (χ0n) is 18.2. The van der Waals surface area contributed by atoms with E-state index in [1.807, 2.05) is 6.20 Å². The number of halogens is 1. The summed E-state index contributed by atoms with van der Waals surface area (Å²) in [6, 6.07) is 12.5. The van der Waals surface area contributed by atoms with E-state index in [0.29, 0.717) is 35.7 Å². The predicted octanol–water partition coefficient (Wildman–Crippen LogP) is 5.61. The van der Waals surface area contributed by atoms with Crippen LogP contribution in [0.25, 0.3) is 10.9 Å². The van der Waals surface area contributed by atoms with Gasteiger partial charge in [-0.1, -0.05) is 6.92 Å². The highest BCUT2D eigenvalue weighted by Crippen LogP contribution is 2.54. The Kier molecular flexibility index (Phi) is 5.46. The minimum absolute atomic E-state index is 0.0207. The predicted molar refractivity (Wildman–Crippen MR) is 120 cm³/mol. The molecule has 0 saturated heterocycles. The molecule has 2 aliphatic rings. The third-order valence-corrected chi connectivity index (χ3v) is 7.75. The van der Waals surface area contributed by atoms with E-state index in [-0.39, 0.29) is 17.5 Å². The number of carbonyl (C=O) groups is 1. The van der Waals surface area contributed by atoms with E-state index < -0.39 is 0 Å². The fourth-order valence-electron chi connectivity index (χ4n) is 6.02. The molecule has 0 bridgehead atoms. The number of benzene rings is 1. The van der Waals surface area contributed by atoms with Gasteiger partial charge in [-0.2, -0.15) is 5.26 Å². The summed E-state index contributed by atoms with van der Waals surface area (Å²) < 4.78 is 13.9. The Morgan fingerprint density at radius 1 is 1.12 bits per heavy atom. The maximum atomic E-state index is 13.9. The molecular formula is C27H26FN3O. The molecule has 3 unspecified atom stereocenters. The van der Waals surface area contributed by atoms with Crippen molar-refractivity contribution in [1.82, 2.24) is 9.97 Å². The lowest BCUT2D eigenvalue weighted by Crippen LogP contribution is -2.22. The average Bonchev–Trinajstić information content (AvgIpc) is 3.38. The second-order valence-corrected chi connectivity index (χ2v) is 9.56. The summed E-state index contributed by atoms with van der Waals surface area (Å²) in [4.78, 5) is 21.5. The van der Waals surface area contributed by atoms with E-state index in [4.69, 9.17) is 5.26 Å². The maximum absolute atomic E-state index is 13.9. The molecule has 0 radical (unpaired) electrons. The normalized spacial score (nSPS) is 25.4. The van der Waals surface area contributed by atoms with Crippen LogP contribution in [0.5, 0.6) is 0 Å². The van der Waals surface area contributed by atoms with Crippen molar-refractivity contribution in [2.45, 2.75) is 44.9 Å². The molecule has 162 valence electrons. The van der Waals surface area contributed by atoms with Crippen LogP contribution in [0.15, 0.2) is 48.8 Å². The summed E-state index contributed by atoms with van der Waals surface area (Å²) in [5.41, 5.74) is 3.32. The van der Waals surface area contributed by atoms with Crippen LogP contribution in [0.1, 0.15) is 55.3 Å². The molecule has 0 spiro atoms. The van der Waals surface area contributed by atoms with Gasteiger partial charge in [0.05, 0.1) is 11.1 Å². The lowest BCUT2D eigenvalue weighted by molar-refractivity contribution is -0.123. The summed E-state index contributed by atoms with van der Waals surface area (Å²) >= 11 is 0. The number of rotatable bonds is 5. The van der Waals surface area contributed by atoms with Gasteiger partial charge in [-0.3, -0.25) is 14.8 Å². The van der Waals surface area contributed by atoms with Gasteiger partial charge < -0.3 is 0 Å². The number of hydrogen-bond acceptors (Lipinski definition) is 4. The van der Waals surface area contributed by atoms with Gasteiger partial charge >= 0.3 is 0 Å². The van der Waals surface area contributed by atoms with Crippen molar-refractivity contribution in [1.29, 1.82) is 5.26 Å². The smallest absolute Gasteiger partial charge is 0.141 e. The molecule has 0 N–H and O–H groups in total. The molecule has 0 amide bonds. The fourth-order valence-corrected chi connectivity index (χ4v) is 6.02. The topological polar surface area (TPSA) is 66.6 Å². The zero-order chi connectivity index (χ0) is 22.2. The van der Waals surface area contributed by atoms with Crippen LogP contribution >= 0.6 is 0 Å². The van der Waals surface area contributed by atoms with Gasteiger partial charge in [-0.05, 0) is 91.3 Å². The highest BCUT2D eigenvalue weighted by molar-refractivity contribution is 5.83. The first-order valence-electron chi connectivity index (χ1n) is 11.4. The lowest BCUT2D eigenvalue weighted by atomic mass is 9.83. The van der Waals surface area contributed by atoms with Gasteiger partial charge in [0.1, 0.15) is 17.7 Å². The molecule has 2 fully saturated rings. The van der Waals surface area contributed by atoms with Gasteiger partial charge in [0.15, 0.2) is 0 Å². The van der Waals surface area contributed by atoms with E-state index in [0.717, 1.165) is 42.3 Å². The van der Waals surface area contributed by atoms with Crippen molar-refractivity contribution in [2.24, 2.45) is 23.7 Å². The van der Waals surface area contributed by atoms with Crippen molar-refractivity contribution in [3.8, 4) is 6.07 Å². The van der Waals surface area contributed by atoms with Crippen LogP contribution in [-0.4, -0.2) is 15.8 Å². The van der Waals surface area contributed by atoms with E-state index in [2.05, 4.69) is 29.0 Å². The fraction of sp³-hybridized carbons (Fsp3) is 0.407. The zero-order valence-corrected chi connectivity index (χ0v) is 18.2. The molecule has 0 aliphatic heterocycles. The van der Waals surface area contributed by atoms with Crippen LogP contribution in [0, 0.1) is 40.8 Å². The van der Waals surface area contributed by atoms with Gasteiger partial charge in [0, 0.05) is 35.8 Å². The van der Waals surface area contributed by atoms with E-state index in [1.54, 1.807) is 24.3 Å². The third-order valence-electron chi connectivity index (χ3n) is 7.75. The first-order chi connectivity index (χ1) is 15.5. The molecular weight excluding hydrogens is 401 g/mol. The van der Waals surface area contributed by atoms with Gasteiger partial charge in [0.25, 0.3) is 0 Å². The van der Waals surface area contributed by atoms with Gasteiger partial charge in [-0.15, -0.1) is 0 Å². The second kappa shape index (κ2) is 8.43. The lowest BCUT2D eigenvalue weighted by Gasteiger charge is -2.21. The molecule has 1 aromatic carbocycles. The van der Waals surface area contributed by atoms with Crippen LogP contribution in [0.3, 0.4) is 0 Å². The molecule has 2 aromatic heterocycles. The Balaban J connectivity index is 1.23. The Hall–Kier alpha value is -3.13. The number of ketones is 1. The maximum Gasteiger partial charge on any atom is 0.141 e. The quantitative estimate of drug-likeness (QED) is 0.531. The largest absolute Gasteiger partial charge is 0.299 e. The Labute approximate surface area is 187 Å². The van der Waals surface area contributed by atoms with Crippen molar-refractivity contribution in [3.63, 3.8) is 0 Å². The Morgan fingerprint density at radius 3 is 2.59 bits per heavy atom. The molecule has 32 heavy (non-hydrogen) atoms. The summed E-state index contributed by atoms with van der Waals surface area (Å²) in [6.07, 6.45) is 8.09. The first kappa shape index (κ1) is 20.8. The van der Waals surface area contributed by atoms with Crippen LogP contribution in [-0.2, 0) is 11.2 Å². The molecule has 5 heteroatoms. The van der Waals surface area contributed by atoms with E-state index >= 15 is 0 Å². The van der Waals surface area contributed by atoms with E-state index in [9.17, 15) is 9.18 Å². The number of fused-ring (bicyclic) bond motifs is 2. The number of aromatic nitrogens is 2. The molecule has 4 nitrogen and oxygen atoms in total. The van der Waals surface area contributed by atoms with E-state index in [1.165, 1.54) is 17.8 Å². The number of nitriles is 1. The monoisotopic (exact) mass is 427 g/mol. The summed E-state index contributed by atoms with van der Waals surface area (Å²) in [7, 11) is 0. The summed E-state index contributed by atoms with van der Waals surface area (Å²) in [5, 5.41) is 9.84. The number of nitrogens with zero attached hydrogens (tertiary/aromatic N) is 3. The van der Waals surface area contributed by atoms with Crippen LogP contribution in [0.4, 0.5) is 4.39 Å². The molecule has 5 atom stereocenters. The third kappa shape index (κ3) is 3.90. The average molecular weight is 428 g/mol. The standard InChI is InChI=1S/C27H26FN3O/c1-16(27(32)13-23-4-2-17(14-29)15-31-23)18-8-19-10-21(11-20(19)9-18)24-6-7-30-26-5-3-22(28)12-25(24)26/h2-7,12,15-16,18-21H,8-11,13H2,1H3/t16?,18?,19-,20+,21?. The minimum Gasteiger partial charge on any atom is -0.299 e. The molecule has 2 heterocycles. The second-order valence-electron chi connectivity index (χ2n) is 9.56. The van der Waals surface area contributed by atoms with Crippen LogP contribution < -0.4 is 0 Å². The van der Waals surface area contributed by atoms with Gasteiger partial charge in [-0.25, -0.2) is 4.39 Å². The number of hydrogen-bond donors (Lipinski definition) is 0. The van der Waals surface area contributed by atoms with Crippen molar-refractivity contribution in [2.75, 3.05) is 0 Å². The molecule has 3 aromatic rings. The SMILES string of the molecule is CC(C(=O)Cc1ccc(C#N)cn1)C1C[C@H]2CC(c3ccnc4ccc(F)cc34)C[C@H]2C1. The van der Waals surface area contributed by atoms with Gasteiger partial charge in [0.2, 0.25) is 0 Å². The van der Waals surface area contributed by atoms with Crippen LogP contribution in [0.2, 0.25) is 0 Å². The van der Waals surface area contributed by atoms with Crippen molar-refractivity contribution in [3.05, 3.63) is 71.4 Å². The minimum atomic E-state index is -0.214.